The third kappa shape index (κ3) is 5.19. The van der Waals surface area contributed by atoms with E-state index < -0.39 is 0 Å². The number of benzene rings is 1. The molecule has 0 aromatic heterocycles. The van der Waals surface area contributed by atoms with Crippen LogP contribution < -0.4 is 15.5 Å². The van der Waals surface area contributed by atoms with E-state index in [4.69, 9.17) is 0 Å². The van der Waals surface area contributed by atoms with Gasteiger partial charge >= 0.3 is 0 Å². The lowest BCUT2D eigenvalue weighted by molar-refractivity contribution is 0.0929. The fourth-order valence-corrected chi connectivity index (χ4v) is 2.15. The van der Waals surface area contributed by atoms with Crippen molar-refractivity contribution in [1.82, 2.24) is 10.6 Å². The van der Waals surface area contributed by atoms with Crippen molar-refractivity contribution in [1.29, 1.82) is 0 Å². The van der Waals surface area contributed by atoms with E-state index >= 15 is 0 Å². The zero-order chi connectivity index (χ0) is 13.0. The minimum absolute atomic E-state index is 0. The third-order valence-electron chi connectivity index (χ3n) is 3.32. The first-order valence-corrected chi connectivity index (χ1v) is 6.46. The monoisotopic (exact) mass is 319 g/mol. The van der Waals surface area contributed by atoms with Gasteiger partial charge in [0, 0.05) is 31.4 Å². The Bertz CT molecular complexity index is 403. The molecule has 1 fully saturated rings. The molecule has 6 heteroatoms. The summed E-state index contributed by atoms with van der Waals surface area (Å²) in [5.74, 6) is 0.0345. The molecule has 0 spiro atoms. The highest BCUT2D eigenvalue weighted by molar-refractivity contribution is 5.94. The Morgan fingerprint density at radius 3 is 2.20 bits per heavy atom. The Kier molecular flexibility index (Phi) is 8.62. The zero-order valence-corrected chi connectivity index (χ0v) is 13.5. The van der Waals surface area contributed by atoms with Crippen molar-refractivity contribution in [2.75, 3.05) is 32.1 Å². The first-order valence-electron chi connectivity index (χ1n) is 6.46. The summed E-state index contributed by atoms with van der Waals surface area (Å²) in [6, 6.07) is 8.01. The number of amides is 1. The van der Waals surface area contributed by atoms with Gasteiger partial charge in [-0.2, -0.15) is 0 Å². The van der Waals surface area contributed by atoms with Crippen LogP contribution in [-0.4, -0.2) is 39.1 Å². The van der Waals surface area contributed by atoms with Crippen LogP contribution in [0.5, 0.6) is 0 Å². The molecule has 2 N–H and O–H groups in total. The van der Waals surface area contributed by atoms with Gasteiger partial charge in [0.25, 0.3) is 5.91 Å². The van der Waals surface area contributed by atoms with Crippen LogP contribution >= 0.6 is 24.8 Å². The zero-order valence-electron chi connectivity index (χ0n) is 11.9. The Hall–Kier alpha value is -0.970. The van der Waals surface area contributed by atoms with E-state index in [0.717, 1.165) is 37.2 Å². The molecule has 0 radical (unpaired) electrons. The van der Waals surface area contributed by atoms with E-state index in [2.05, 4.69) is 10.6 Å². The number of piperidine rings is 1. The minimum atomic E-state index is 0. The van der Waals surface area contributed by atoms with Crippen molar-refractivity contribution >= 4 is 36.4 Å². The molecular weight excluding hydrogens is 297 g/mol. The number of nitrogens with one attached hydrogen (secondary N) is 2. The number of anilines is 1. The molecule has 0 unspecified atom stereocenters. The second kappa shape index (κ2) is 9.06. The predicted molar refractivity (Wildman–Crippen MR) is 88.6 cm³/mol. The van der Waals surface area contributed by atoms with Gasteiger partial charge < -0.3 is 15.5 Å². The van der Waals surface area contributed by atoms with Gasteiger partial charge in [-0.3, -0.25) is 4.79 Å². The van der Waals surface area contributed by atoms with E-state index in [-0.39, 0.29) is 30.7 Å². The Labute approximate surface area is 133 Å². The fraction of sp³-hybridized carbons (Fsp3) is 0.500. The molecule has 2 rings (SSSR count). The maximum absolute atomic E-state index is 12.0. The van der Waals surface area contributed by atoms with Crippen LogP contribution in [0.25, 0.3) is 0 Å². The highest BCUT2D eigenvalue weighted by Crippen LogP contribution is 2.12. The van der Waals surface area contributed by atoms with Gasteiger partial charge in [0.15, 0.2) is 0 Å². The molecule has 1 amide bonds. The number of halogens is 2. The van der Waals surface area contributed by atoms with Crippen LogP contribution in [0.4, 0.5) is 5.69 Å². The van der Waals surface area contributed by atoms with E-state index in [0.29, 0.717) is 6.04 Å². The maximum atomic E-state index is 12.0. The highest BCUT2D eigenvalue weighted by atomic mass is 35.5. The first kappa shape index (κ1) is 19.0. The van der Waals surface area contributed by atoms with Gasteiger partial charge in [-0.15, -0.1) is 24.8 Å². The van der Waals surface area contributed by atoms with Gasteiger partial charge in [0.1, 0.15) is 0 Å². The molecule has 0 aliphatic carbocycles. The summed E-state index contributed by atoms with van der Waals surface area (Å²) >= 11 is 0. The summed E-state index contributed by atoms with van der Waals surface area (Å²) < 4.78 is 0. The molecule has 1 aromatic carbocycles. The van der Waals surface area contributed by atoms with Crippen LogP contribution in [-0.2, 0) is 0 Å². The predicted octanol–water partition coefficient (Wildman–Crippen LogP) is 2.08. The molecule has 1 aliphatic heterocycles. The lowest BCUT2D eigenvalue weighted by Crippen LogP contribution is -2.42. The van der Waals surface area contributed by atoms with E-state index in [1.54, 1.807) is 0 Å². The van der Waals surface area contributed by atoms with Crippen molar-refractivity contribution < 1.29 is 4.79 Å². The molecule has 1 aromatic rings. The standard InChI is InChI=1S/C14H21N3O.2ClH/c1-17(2)13-5-3-11(4-6-13)14(18)16-12-7-9-15-10-8-12;;/h3-6,12,15H,7-10H2,1-2H3,(H,16,18);2*1H. The van der Waals surface area contributed by atoms with E-state index in [1.807, 2.05) is 43.3 Å². The third-order valence-corrected chi connectivity index (χ3v) is 3.32. The Morgan fingerprint density at radius 1 is 1.15 bits per heavy atom. The normalized spacial score (nSPS) is 14.7. The molecule has 0 bridgehead atoms. The van der Waals surface area contributed by atoms with Gasteiger partial charge in [-0.1, -0.05) is 0 Å². The molecule has 114 valence electrons. The largest absolute Gasteiger partial charge is 0.378 e. The molecule has 4 nitrogen and oxygen atoms in total. The summed E-state index contributed by atoms with van der Waals surface area (Å²) in [6.07, 6.45) is 2.03. The molecule has 1 saturated heterocycles. The quantitative estimate of drug-likeness (QED) is 0.896. The first-order chi connectivity index (χ1) is 8.66. The van der Waals surface area contributed by atoms with E-state index in [1.165, 1.54) is 0 Å². The summed E-state index contributed by atoms with van der Waals surface area (Å²) in [5, 5.41) is 6.38. The summed E-state index contributed by atoms with van der Waals surface area (Å²) in [5.41, 5.74) is 1.84. The minimum Gasteiger partial charge on any atom is -0.378 e. The Balaban J connectivity index is 0.00000180. The van der Waals surface area contributed by atoms with Crippen molar-refractivity contribution in [3.8, 4) is 0 Å². The van der Waals surface area contributed by atoms with Crippen LogP contribution in [0.1, 0.15) is 23.2 Å². The lowest BCUT2D eigenvalue weighted by atomic mass is 10.1. The number of hydrogen-bond donors (Lipinski definition) is 2. The fourth-order valence-electron chi connectivity index (χ4n) is 2.15. The molecule has 1 heterocycles. The van der Waals surface area contributed by atoms with Crippen LogP contribution in [0.15, 0.2) is 24.3 Å². The number of rotatable bonds is 3. The summed E-state index contributed by atoms with van der Waals surface area (Å²) in [7, 11) is 3.98. The topological polar surface area (TPSA) is 44.4 Å². The van der Waals surface area contributed by atoms with Gasteiger partial charge in [-0.25, -0.2) is 0 Å². The van der Waals surface area contributed by atoms with Crippen LogP contribution in [0, 0.1) is 0 Å². The Morgan fingerprint density at radius 2 is 1.70 bits per heavy atom. The second-order valence-electron chi connectivity index (χ2n) is 4.94. The maximum Gasteiger partial charge on any atom is 0.251 e. The molecule has 20 heavy (non-hydrogen) atoms. The molecule has 0 saturated carbocycles. The van der Waals surface area contributed by atoms with Crippen molar-refractivity contribution in [2.24, 2.45) is 0 Å². The van der Waals surface area contributed by atoms with Crippen molar-refractivity contribution in [3.63, 3.8) is 0 Å². The number of hydrogen-bond acceptors (Lipinski definition) is 3. The second-order valence-corrected chi connectivity index (χ2v) is 4.94. The number of nitrogens with zero attached hydrogens (tertiary/aromatic N) is 1. The van der Waals surface area contributed by atoms with Crippen molar-refractivity contribution in [3.05, 3.63) is 29.8 Å². The average molecular weight is 320 g/mol. The average Bonchev–Trinajstić information content (AvgIpc) is 2.40. The summed E-state index contributed by atoms with van der Waals surface area (Å²) in [6.45, 7) is 1.98. The summed E-state index contributed by atoms with van der Waals surface area (Å²) in [4.78, 5) is 14.1. The SMILES string of the molecule is CN(C)c1ccc(C(=O)NC2CCNCC2)cc1.Cl.Cl. The van der Waals surface area contributed by atoms with Crippen molar-refractivity contribution in [2.45, 2.75) is 18.9 Å². The number of carbonyl (C=O) groups excluding carboxylic acids is 1. The molecule has 0 atom stereocenters. The van der Waals surface area contributed by atoms with Crippen LogP contribution in [0.3, 0.4) is 0 Å². The lowest BCUT2D eigenvalue weighted by Gasteiger charge is -2.23. The van der Waals surface area contributed by atoms with Crippen LogP contribution in [0.2, 0.25) is 0 Å². The highest BCUT2D eigenvalue weighted by Gasteiger charge is 2.16. The molecule has 1 aliphatic rings. The van der Waals surface area contributed by atoms with Gasteiger partial charge in [0.05, 0.1) is 0 Å². The van der Waals surface area contributed by atoms with Gasteiger partial charge in [0.2, 0.25) is 0 Å². The smallest absolute Gasteiger partial charge is 0.251 e. The van der Waals surface area contributed by atoms with Gasteiger partial charge in [-0.05, 0) is 50.2 Å². The molecular formula is C14H23Cl2N3O. The number of carbonyl (C=O) groups is 1. The van der Waals surface area contributed by atoms with E-state index in [9.17, 15) is 4.79 Å².